The topological polar surface area (TPSA) is 60.4 Å². The number of esters is 1. The molecule has 3 atom stereocenters. The van der Waals surface area contributed by atoms with Gasteiger partial charge in [-0.05, 0) is 19.8 Å². The van der Waals surface area contributed by atoms with Gasteiger partial charge in [0.2, 0.25) is 0 Å². The van der Waals surface area contributed by atoms with Crippen molar-refractivity contribution in [2.75, 3.05) is 7.11 Å². The first-order valence-corrected chi connectivity index (χ1v) is 7.07. The SMILES string of the molecule is COC(=O)C(C)C(C)S(=O)(=O)C(C)C(C)C. The molecule has 0 aromatic heterocycles. The largest absolute Gasteiger partial charge is 0.469 e. The zero-order valence-corrected chi connectivity index (χ0v) is 11.7. The third-order valence-electron chi connectivity index (χ3n) is 3.25. The molecule has 0 N–H and O–H groups in total. The van der Waals surface area contributed by atoms with E-state index >= 15 is 0 Å². The quantitative estimate of drug-likeness (QED) is 0.696. The van der Waals surface area contributed by atoms with Crippen molar-refractivity contribution in [3.63, 3.8) is 0 Å². The number of carbonyl (C=O) groups excluding carboxylic acids is 1. The van der Waals surface area contributed by atoms with Gasteiger partial charge in [-0.25, -0.2) is 8.42 Å². The van der Waals surface area contributed by atoms with Gasteiger partial charge in [-0.2, -0.15) is 0 Å². The fourth-order valence-electron chi connectivity index (χ4n) is 1.38. The maximum Gasteiger partial charge on any atom is 0.309 e. The molecular formula is C11H22O4S. The summed E-state index contributed by atoms with van der Waals surface area (Å²) in [6.07, 6.45) is 0. The molecule has 0 saturated carbocycles. The Morgan fingerprint density at radius 1 is 1.00 bits per heavy atom. The summed E-state index contributed by atoms with van der Waals surface area (Å²) >= 11 is 0. The molecule has 0 bridgehead atoms. The molecule has 0 aromatic carbocycles. The van der Waals surface area contributed by atoms with Gasteiger partial charge < -0.3 is 4.74 Å². The number of hydrogen-bond acceptors (Lipinski definition) is 4. The summed E-state index contributed by atoms with van der Waals surface area (Å²) in [5.74, 6) is -1.07. The Kier molecular flexibility index (Phi) is 5.46. The van der Waals surface area contributed by atoms with E-state index in [1.807, 2.05) is 13.8 Å². The van der Waals surface area contributed by atoms with Crippen molar-refractivity contribution < 1.29 is 17.9 Å². The van der Waals surface area contributed by atoms with Crippen molar-refractivity contribution in [2.24, 2.45) is 11.8 Å². The van der Waals surface area contributed by atoms with Gasteiger partial charge in [0.15, 0.2) is 9.84 Å². The van der Waals surface area contributed by atoms with Crippen LogP contribution in [0.25, 0.3) is 0 Å². The van der Waals surface area contributed by atoms with Crippen LogP contribution in [0.1, 0.15) is 34.6 Å². The van der Waals surface area contributed by atoms with Gasteiger partial charge in [0.25, 0.3) is 0 Å². The minimum atomic E-state index is -3.29. The highest BCUT2D eigenvalue weighted by Gasteiger charge is 2.36. The highest BCUT2D eigenvalue weighted by atomic mass is 32.2. The summed E-state index contributed by atoms with van der Waals surface area (Å²) in [6.45, 7) is 8.55. The first-order valence-electron chi connectivity index (χ1n) is 5.46. The molecule has 4 nitrogen and oxygen atoms in total. The summed E-state index contributed by atoms with van der Waals surface area (Å²) in [4.78, 5) is 11.3. The van der Waals surface area contributed by atoms with Crippen molar-refractivity contribution in [3.8, 4) is 0 Å². The maximum atomic E-state index is 12.1. The number of sulfone groups is 1. The van der Waals surface area contributed by atoms with Crippen LogP contribution in [-0.4, -0.2) is 32.0 Å². The van der Waals surface area contributed by atoms with Crippen LogP contribution in [0.2, 0.25) is 0 Å². The monoisotopic (exact) mass is 250 g/mol. The number of hydrogen-bond donors (Lipinski definition) is 0. The van der Waals surface area contributed by atoms with E-state index < -0.39 is 32.2 Å². The van der Waals surface area contributed by atoms with E-state index in [4.69, 9.17) is 0 Å². The molecule has 96 valence electrons. The fraction of sp³-hybridized carbons (Fsp3) is 0.909. The number of carbonyl (C=O) groups is 1. The second-order valence-corrected chi connectivity index (χ2v) is 7.22. The van der Waals surface area contributed by atoms with Crippen LogP contribution in [0.4, 0.5) is 0 Å². The van der Waals surface area contributed by atoms with Gasteiger partial charge >= 0.3 is 5.97 Å². The Morgan fingerprint density at radius 2 is 1.44 bits per heavy atom. The van der Waals surface area contributed by atoms with Gasteiger partial charge in [-0.1, -0.05) is 20.8 Å². The molecule has 16 heavy (non-hydrogen) atoms. The minimum absolute atomic E-state index is 0.0392. The van der Waals surface area contributed by atoms with E-state index in [1.165, 1.54) is 7.11 Å². The predicted molar refractivity (Wildman–Crippen MR) is 63.9 cm³/mol. The second-order valence-electron chi connectivity index (χ2n) is 4.56. The Bertz CT molecular complexity index is 332. The summed E-state index contributed by atoms with van der Waals surface area (Å²) in [5, 5.41) is -1.16. The smallest absolute Gasteiger partial charge is 0.309 e. The van der Waals surface area contributed by atoms with E-state index in [9.17, 15) is 13.2 Å². The van der Waals surface area contributed by atoms with Crippen LogP contribution in [0.15, 0.2) is 0 Å². The molecule has 0 radical (unpaired) electrons. The van der Waals surface area contributed by atoms with Gasteiger partial charge in [0, 0.05) is 0 Å². The molecule has 0 amide bonds. The van der Waals surface area contributed by atoms with Gasteiger partial charge in [0.05, 0.1) is 23.5 Å². The highest BCUT2D eigenvalue weighted by Crippen LogP contribution is 2.22. The lowest BCUT2D eigenvalue weighted by Gasteiger charge is -2.24. The minimum Gasteiger partial charge on any atom is -0.469 e. The Labute approximate surface area is 98.3 Å². The third kappa shape index (κ3) is 3.20. The average molecular weight is 250 g/mol. The molecule has 0 rings (SSSR count). The first-order chi connectivity index (χ1) is 7.16. The normalized spacial score (nSPS) is 17.9. The molecular weight excluding hydrogens is 228 g/mol. The van der Waals surface area contributed by atoms with Gasteiger partial charge in [-0.3, -0.25) is 4.79 Å². The molecule has 0 spiro atoms. The molecule has 0 aliphatic rings. The lowest BCUT2D eigenvalue weighted by Crippen LogP contribution is -2.38. The van der Waals surface area contributed by atoms with Gasteiger partial charge in [-0.15, -0.1) is 0 Å². The summed E-state index contributed by atoms with van der Waals surface area (Å²) in [7, 11) is -2.03. The summed E-state index contributed by atoms with van der Waals surface area (Å²) in [6, 6.07) is 0. The van der Waals surface area contributed by atoms with E-state index in [-0.39, 0.29) is 5.92 Å². The van der Waals surface area contributed by atoms with Crippen molar-refractivity contribution in [1.29, 1.82) is 0 Å². The van der Waals surface area contributed by atoms with Crippen LogP contribution in [0.5, 0.6) is 0 Å². The van der Waals surface area contributed by atoms with Crippen LogP contribution in [-0.2, 0) is 19.4 Å². The molecule has 5 heteroatoms. The molecule has 0 heterocycles. The molecule has 0 aliphatic carbocycles. The van der Waals surface area contributed by atoms with Crippen molar-refractivity contribution in [2.45, 2.75) is 45.1 Å². The molecule has 0 saturated heterocycles. The third-order valence-corrected chi connectivity index (χ3v) is 6.28. The molecule has 3 unspecified atom stereocenters. The van der Waals surface area contributed by atoms with Crippen molar-refractivity contribution in [1.82, 2.24) is 0 Å². The zero-order valence-electron chi connectivity index (χ0n) is 10.9. The number of methoxy groups -OCH3 is 1. The van der Waals surface area contributed by atoms with Crippen molar-refractivity contribution >= 4 is 15.8 Å². The van der Waals surface area contributed by atoms with Crippen LogP contribution in [0, 0.1) is 11.8 Å². The van der Waals surface area contributed by atoms with Crippen LogP contribution in [0.3, 0.4) is 0 Å². The fourth-order valence-corrected chi connectivity index (χ4v) is 3.50. The number of rotatable bonds is 5. The van der Waals surface area contributed by atoms with E-state index in [0.717, 1.165) is 0 Å². The predicted octanol–water partition coefficient (Wildman–Crippen LogP) is 1.64. The van der Waals surface area contributed by atoms with Crippen LogP contribution >= 0.6 is 0 Å². The zero-order chi connectivity index (χ0) is 13.1. The Hall–Kier alpha value is -0.580. The molecule has 0 aliphatic heterocycles. The van der Waals surface area contributed by atoms with Crippen molar-refractivity contribution in [3.05, 3.63) is 0 Å². The maximum absolute atomic E-state index is 12.1. The van der Waals surface area contributed by atoms with E-state index in [2.05, 4.69) is 4.74 Å². The van der Waals surface area contributed by atoms with Gasteiger partial charge in [0.1, 0.15) is 0 Å². The Balaban J connectivity index is 4.97. The Morgan fingerprint density at radius 3 is 1.75 bits per heavy atom. The lowest BCUT2D eigenvalue weighted by molar-refractivity contribution is -0.144. The molecule has 0 fully saturated rings. The second kappa shape index (κ2) is 5.66. The average Bonchev–Trinajstić information content (AvgIpc) is 2.24. The first kappa shape index (κ1) is 15.4. The summed E-state index contributed by atoms with van der Waals surface area (Å²) < 4.78 is 28.8. The lowest BCUT2D eigenvalue weighted by atomic mass is 10.1. The van der Waals surface area contributed by atoms with E-state index in [1.54, 1.807) is 20.8 Å². The standard InChI is InChI=1S/C11H22O4S/c1-7(2)9(4)16(13,14)10(5)8(3)11(12)15-6/h7-10H,1-6H3. The molecule has 0 aromatic rings. The number of ether oxygens (including phenoxy) is 1. The van der Waals surface area contributed by atoms with E-state index in [0.29, 0.717) is 0 Å². The summed E-state index contributed by atoms with van der Waals surface area (Å²) in [5.41, 5.74) is 0. The van der Waals surface area contributed by atoms with Crippen LogP contribution < -0.4 is 0 Å². The highest BCUT2D eigenvalue weighted by molar-refractivity contribution is 7.92.